The Kier molecular flexibility index (Phi) is 6.10. The van der Waals surface area contributed by atoms with E-state index in [4.69, 9.17) is 5.73 Å². The SMILES string of the molecule is CCN(CC(=O)Nc1ccccc1F)CC(C)(C)CN. The van der Waals surface area contributed by atoms with Gasteiger partial charge in [0, 0.05) is 6.54 Å². The van der Waals surface area contributed by atoms with E-state index in [9.17, 15) is 9.18 Å². The Balaban J connectivity index is 2.58. The number of hydrogen-bond acceptors (Lipinski definition) is 3. The number of amides is 1. The number of carbonyl (C=O) groups is 1. The maximum Gasteiger partial charge on any atom is 0.238 e. The van der Waals surface area contributed by atoms with E-state index in [1.54, 1.807) is 18.2 Å². The Morgan fingerprint density at radius 3 is 2.60 bits per heavy atom. The molecule has 112 valence electrons. The fourth-order valence-corrected chi connectivity index (χ4v) is 1.90. The van der Waals surface area contributed by atoms with Gasteiger partial charge in [0.25, 0.3) is 0 Å². The van der Waals surface area contributed by atoms with Gasteiger partial charge in [-0.2, -0.15) is 0 Å². The van der Waals surface area contributed by atoms with E-state index in [2.05, 4.69) is 19.2 Å². The second-order valence-electron chi connectivity index (χ2n) is 5.70. The summed E-state index contributed by atoms with van der Waals surface area (Å²) < 4.78 is 13.5. The van der Waals surface area contributed by atoms with Crippen molar-refractivity contribution in [2.45, 2.75) is 20.8 Å². The molecule has 3 N–H and O–H groups in total. The molecule has 0 aliphatic heterocycles. The summed E-state index contributed by atoms with van der Waals surface area (Å²) in [4.78, 5) is 14.0. The van der Waals surface area contributed by atoms with E-state index in [0.29, 0.717) is 6.54 Å². The fraction of sp³-hybridized carbons (Fsp3) is 0.533. The summed E-state index contributed by atoms with van der Waals surface area (Å²) in [5.74, 6) is -0.643. The zero-order valence-corrected chi connectivity index (χ0v) is 12.4. The van der Waals surface area contributed by atoms with Crippen molar-refractivity contribution in [3.8, 4) is 0 Å². The lowest BCUT2D eigenvalue weighted by Crippen LogP contribution is -2.42. The number of nitrogens with two attached hydrogens (primary N) is 1. The van der Waals surface area contributed by atoms with Gasteiger partial charge >= 0.3 is 0 Å². The Morgan fingerprint density at radius 1 is 1.40 bits per heavy atom. The summed E-state index contributed by atoms with van der Waals surface area (Å²) >= 11 is 0. The van der Waals surface area contributed by atoms with Crippen LogP contribution in [0, 0.1) is 11.2 Å². The second kappa shape index (κ2) is 7.36. The highest BCUT2D eigenvalue weighted by Gasteiger charge is 2.21. The second-order valence-corrected chi connectivity index (χ2v) is 5.70. The monoisotopic (exact) mass is 281 g/mol. The minimum Gasteiger partial charge on any atom is -0.330 e. The van der Waals surface area contributed by atoms with Gasteiger partial charge in [-0.15, -0.1) is 0 Å². The van der Waals surface area contributed by atoms with Crippen molar-refractivity contribution in [1.82, 2.24) is 4.90 Å². The summed E-state index contributed by atoms with van der Waals surface area (Å²) in [5, 5.41) is 2.59. The third kappa shape index (κ3) is 5.27. The molecule has 4 nitrogen and oxygen atoms in total. The van der Waals surface area contributed by atoms with Crippen LogP contribution in [-0.2, 0) is 4.79 Å². The molecule has 0 saturated heterocycles. The molecule has 0 bridgehead atoms. The lowest BCUT2D eigenvalue weighted by atomic mass is 9.93. The molecule has 0 unspecified atom stereocenters. The van der Waals surface area contributed by atoms with E-state index >= 15 is 0 Å². The fourth-order valence-electron chi connectivity index (χ4n) is 1.90. The molecule has 0 aromatic heterocycles. The van der Waals surface area contributed by atoms with Gasteiger partial charge in [-0.05, 0) is 30.6 Å². The zero-order chi connectivity index (χ0) is 15.2. The molecule has 0 spiro atoms. The molecule has 1 aromatic carbocycles. The van der Waals surface area contributed by atoms with Crippen LogP contribution < -0.4 is 11.1 Å². The van der Waals surface area contributed by atoms with E-state index < -0.39 is 5.82 Å². The normalized spacial score (nSPS) is 11.7. The topological polar surface area (TPSA) is 58.4 Å². The molecule has 1 rings (SSSR count). The number of halogens is 1. The van der Waals surface area contributed by atoms with Crippen LogP contribution in [0.5, 0.6) is 0 Å². The quantitative estimate of drug-likeness (QED) is 0.804. The molecule has 5 heteroatoms. The summed E-state index contributed by atoms with van der Waals surface area (Å²) in [6, 6.07) is 6.15. The number of likely N-dealkylation sites (N-methyl/N-ethyl adjacent to an activating group) is 1. The van der Waals surface area contributed by atoms with Crippen LogP contribution in [0.1, 0.15) is 20.8 Å². The van der Waals surface area contributed by atoms with Crippen molar-refractivity contribution in [1.29, 1.82) is 0 Å². The zero-order valence-electron chi connectivity index (χ0n) is 12.4. The van der Waals surface area contributed by atoms with E-state index in [0.717, 1.165) is 13.1 Å². The molecule has 1 aromatic rings. The number of carbonyl (C=O) groups excluding carboxylic acids is 1. The molecule has 0 fully saturated rings. The van der Waals surface area contributed by atoms with E-state index in [1.165, 1.54) is 6.07 Å². The van der Waals surface area contributed by atoms with Gasteiger partial charge in [-0.25, -0.2) is 4.39 Å². The Labute approximate surface area is 120 Å². The Bertz CT molecular complexity index is 448. The average molecular weight is 281 g/mol. The summed E-state index contributed by atoms with van der Waals surface area (Å²) in [5.41, 5.74) is 5.87. The van der Waals surface area contributed by atoms with Crippen LogP contribution in [0.3, 0.4) is 0 Å². The summed E-state index contributed by atoms with van der Waals surface area (Å²) in [7, 11) is 0. The van der Waals surface area contributed by atoms with E-state index in [1.807, 2.05) is 11.8 Å². The number of hydrogen-bond donors (Lipinski definition) is 2. The number of para-hydroxylation sites is 1. The van der Waals surface area contributed by atoms with Crippen molar-refractivity contribution >= 4 is 11.6 Å². The maximum absolute atomic E-state index is 13.5. The average Bonchev–Trinajstić information content (AvgIpc) is 2.40. The molecule has 20 heavy (non-hydrogen) atoms. The van der Waals surface area contributed by atoms with Gasteiger partial charge in [-0.1, -0.05) is 32.9 Å². The van der Waals surface area contributed by atoms with Gasteiger partial charge in [0.05, 0.1) is 12.2 Å². The van der Waals surface area contributed by atoms with Crippen LogP contribution >= 0.6 is 0 Å². The van der Waals surface area contributed by atoms with Crippen molar-refractivity contribution in [3.63, 3.8) is 0 Å². The Morgan fingerprint density at radius 2 is 2.05 bits per heavy atom. The first kappa shape index (κ1) is 16.6. The molecule has 0 heterocycles. The minimum absolute atomic E-state index is 0.0473. The standard InChI is InChI=1S/C15H24FN3O/c1-4-19(11-15(2,3)10-17)9-14(20)18-13-8-6-5-7-12(13)16/h5-8H,4,9-11,17H2,1-3H3,(H,18,20). The molecular weight excluding hydrogens is 257 g/mol. The number of rotatable bonds is 7. The summed E-state index contributed by atoms with van der Waals surface area (Å²) in [6.07, 6.45) is 0. The molecule has 1 amide bonds. The van der Waals surface area contributed by atoms with Crippen LogP contribution in [0.4, 0.5) is 10.1 Å². The smallest absolute Gasteiger partial charge is 0.238 e. The van der Waals surface area contributed by atoms with Gasteiger partial charge in [-0.3, -0.25) is 9.69 Å². The third-order valence-corrected chi connectivity index (χ3v) is 3.17. The first-order valence-corrected chi connectivity index (χ1v) is 6.85. The molecule has 0 aliphatic rings. The lowest BCUT2D eigenvalue weighted by Gasteiger charge is -2.30. The van der Waals surface area contributed by atoms with Crippen molar-refractivity contribution in [2.75, 3.05) is 31.5 Å². The van der Waals surface area contributed by atoms with Gasteiger partial charge in [0.2, 0.25) is 5.91 Å². The van der Waals surface area contributed by atoms with Crippen molar-refractivity contribution in [3.05, 3.63) is 30.1 Å². The predicted molar refractivity (Wildman–Crippen MR) is 80.0 cm³/mol. The number of nitrogens with one attached hydrogen (secondary N) is 1. The van der Waals surface area contributed by atoms with Gasteiger partial charge in [0.15, 0.2) is 0 Å². The van der Waals surface area contributed by atoms with Crippen LogP contribution in [0.2, 0.25) is 0 Å². The lowest BCUT2D eigenvalue weighted by molar-refractivity contribution is -0.117. The van der Waals surface area contributed by atoms with Crippen LogP contribution in [-0.4, -0.2) is 37.0 Å². The first-order valence-electron chi connectivity index (χ1n) is 6.85. The van der Waals surface area contributed by atoms with Gasteiger partial charge < -0.3 is 11.1 Å². The highest BCUT2D eigenvalue weighted by atomic mass is 19.1. The number of benzene rings is 1. The number of nitrogens with zero attached hydrogens (tertiary/aromatic N) is 1. The third-order valence-electron chi connectivity index (χ3n) is 3.17. The van der Waals surface area contributed by atoms with Crippen LogP contribution in [0.15, 0.2) is 24.3 Å². The largest absolute Gasteiger partial charge is 0.330 e. The van der Waals surface area contributed by atoms with E-state index in [-0.39, 0.29) is 23.6 Å². The van der Waals surface area contributed by atoms with Crippen molar-refractivity contribution < 1.29 is 9.18 Å². The molecule has 0 atom stereocenters. The van der Waals surface area contributed by atoms with Crippen molar-refractivity contribution in [2.24, 2.45) is 11.1 Å². The Hall–Kier alpha value is -1.46. The maximum atomic E-state index is 13.5. The predicted octanol–water partition coefficient (Wildman–Crippen LogP) is 2.07. The molecular formula is C15H24FN3O. The first-order chi connectivity index (χ1) is 9.38. The molecule has 0 saturated carbocycles. The number of anilines is 1. The van der Waals surface area contributed by atoms with Gasteiger partial charge in [0.1, 0.15) is 5.82 Å². The minimum atomic E-state index is -0.425. The van der Waals surface area contributed by atoms with Crippen LogP contribution in [0.25, 0.3) is 0 Å². The molecule has 0 aliphatic carbocycles. The summed E-state index contributed by atoms with van der Waals surface area (Å²) in [6.45, 7) is 8.36. The molecule has 0 radical (unpaired) electrons. The highest BCUT2D eigenvalue weighted by molar-refractivity contribution is 5.92. The highest BCUT2D eigenvalue weighted by Crippen LogP contribution is 2.15.